The van der Waals surface area contributed by atoms with Crippen molar-refractivity contribution in [1.82, 2.24) is 0 Å². The molecule has 0 rings (SSSR count). The van der Waals surface area contributed by atoms with E-state index in [-0.39, 0.29) is 6.42 Å². The largest absolute Gasteiger partial charge is 0.481 e. The lowest BCUT2D eigenvalue weighted by Crippen LogP contribution is -2.17. The zero-order valence-electron chi connectivity index (χ0n) is 9.24. The first-order chi connectivity index (χ1) is 7.07. The van der Waals surface area contributed by atoms with E-state index >= 15 is 0 Å². The molecule has 0 radical (unpaired) electrons. The maximum Gasteiger partial charge on any atom is 0.307 e. The normalized spacial score (nSPS) is 12.3. The molecule has 0 spiro atoms. The van der Waals surface area contributed by atoms with Gasteiger partial charge in [-0.2, -0.15) is 0 Å². The lowest BCUT2D eigenvalue weighted by molar-refractivity contribution is -0.148. The van der Waals surface area contributed by atoms with Crippen molar-refractivity contribution in [3.8, 4) is 0 Å². The minimum atomic E-state index is -1.03. The highest BCUT2D eigenvalue weighted by atomic mass is 16.4. The number of carboxylic acid groups (broad SMARTS) is 2. The zero-order chi connectivity index (χ0) is 11.7. The Hall–Kier alpha value is -1.06. The molecule has 4 nitrogen and oxygen atoms in total. The van der Waals surface area contributed by atoms with Crippen molar-refractivity contribution in [3.05, 3.63) is 0 Å². The second kappa shape index (κ2) is 8.26. The minimum absolute atomic E-state index is 0.261. The summed E-state index contributed by atoms with van der Waals surface area (Å²) >= 11 is 0. The quantitative estimate of drug-likeness (QED) is 0.581. The van der Waals surface area contributed by atoms with Crippen LogP contribution in [0.2, 0.25) is 0 Å². The Morgan fingerprint density at radius 2 is 1.67 bits per heavy atom. The average Bonchev–Trinajstić information content (AvgIpc) is 2.15. The first kappa shape index (κ1) is 13.9. The van der Waals surface area contributed by atoms with Gasteiger partial charge in [0.15, 0.2) is 0 Å². The van der Waals surface area contributed by atoms with Crippen LogP contribution >= 0.6 is 0 Å². The Balaban J connectivity index is 3.67. The lowest BCUT2D eigenvalue weighted by atomic mass is 9.97. The van der Waals surface area contributed by atoms with E-state index in [0.717, 1.165) is 32.1 Å². The van der Waals surface area contributed by atoms with Crippen LogP contribution < -0.4 is 0 Å². The van der Waals surface area contributed by atoms with Gasteiger partial charge in [-0.3, -0.25) is 9.59 Å². The maximum atomic E-state index is 10.7. The maximum absolute atomic E-state index is 10.7. The molecule has 0 saturated carbocycles. The molecule has 1 atom stereocenters. The predicted molar refractivity (Wildman–Crippen MR) is 56.8 cm³/mol. The number of carbonyl (C=O) groups is 2. The van der Waals surface area contributed by atoms with E-state index in [9.17, 15) is 9.59 Å². The Bertz CT molecular complexity index is 201. The summed E-state index contributed by atoms with van der Waals surface area (Å²) < 4.78 is 0. The third-order valence-electron chi connectivity index (χ3n) is 2.43. The zero-order valence-corrected chi connectivity index (χ0v) is 9.24. The van der Waals surface area contributed by atoms with Crippen LogP contribution in [0.5, 0.6) is 0 Å². The van der Waals surface area contributed by atoms with E-state index in [4.69, 9.17) is 10.2 Å². The summed E-state index contributed by atoms with van der Waals surface area (Å²) in [5.41, 5.74) is 0. The van der Waals surface area contributed by atoms with Gasteiger partial charge in [0.2, 0.25) is 0 Å². The molecule has 4 heteroatoms. The highest BCUT2D eigenvalue weighted by Gasteiger charge is 2.19. The Labute approximate surface area is 90.3 Å². The molecule has 0 bridgehead atoms. The summed E-state index contributed by atoms with van der Waals surface area (Å²) in [5.74, 6) is -2.74. The fourth-order valence-electron chi connectivity index (χ4n) is 1.52. The van der Waals surface area contributed by atoms with Crippen LogP contribution in [-0.4, -0.2) is 22.2 Å². The molecule has 0 aromatic carbocycles. The lowest BCUT2D eigenvalue weighted by Gasteiger charge is -2.08. The van der Waals surface area contributed by atoms with Gasteiger partial charge in [0, 0.05) is 0 Å². The minimum Gasteiger partial charge on any atom is -0.481 e. The highest BCUT2D eigenvalue weighted by molar-refractivity contribution is 5.77. The fourth-order valence-corrected chi connectivity index (χ4v) is 1.52. The van der Waals surface area contributed by atoms with Crippen molar-refractivity contribution in [2.24, 2.45) is 5.92 Å². The number of hydrogen-bond donors (Lipinski definition) is 2. The standard InChI is InChI=1S/C11H20O4/c1-2-3-4-5-6-7-9(11(14)15)8-10(12)13/h9H,2-8H2,1H3,(H,12,13)(H,14,15)/t9-/m1/s1. The summed E-state index contributed by atoms with van der Waals surface area (Å²) in [7, 11) is 0. The van der Waals surface area contributed by atoms with Gasteiger partial charge in [-0.15, -0.1) is 0 Å². The van der Waals surface area contributed by atoms with Gasteiger partial charge in [0.1, 0.15) is 0 Å². The highest BCUT2D eigenvalue weighted by Crippen LogP contribution is 2.15. The number of carboxylic acids is 2. The summed E-state index contributed by atoms with van der Waals surface area (Å²) in [6.07, 6.45) is 5.44. The van der Waals surface area contributed by atoms with Crippen LogP contribution in [0.15, 0.2) is 0 Å². The topological polar surface area (TPSA) is 74.6 Å². The van der Waals surface area contributed by atoms with E-state index in [1.807, 2.05) is 0 Å². The number of rotatable bonds is 9. The van der Waals surface area contributed by atoms with Crippen molar-refractivity contribution in [3.63, 3.8) is 0 Å². The van der Waals surface area contributed by atoms with Gasteiger partial charge in [-0.25, -0.2) is 0 Å². The summed E-state index contributed by atoms with van der Waals surface area (Å²) in [4.78, 5) is 21.1. The molecule has 15 heavy (non-hydrogen) atoms. The number of aliphatic carboxylic acids is 2. The van der Waals surface area contributed by atoms with Crippen LogP contribution in [0.25, 0.3) is 0 Å². The molecule has 0 amide bonds. The predicted octanol–water partition coefficient (Wildman–Crippen LogP) is 2.52. The number of hydrogen-bond acceptors (Lipinski definition) is 2. The smallest absolute Gasteiger partial charge is 0.307 e. The van der Waals surface area contributed by atoms with E-state index < -0.39 is 17.9 Å². The third kappa shape index (κ3) is 7.97. The molecule has 0 fully saturated rings. The Morgan fingerprint density at radius 1 is 1.07 bits per heavy atom. The third-order valence-corrected chi connectivity index (χ3v) is 2.43. The molecular formula is C11H20O4. The fraction of sp³-hybridized carbons (Fsp3) is 0.818. The van der Waals surface area contributed by atoms with E-state index in [1.165, 1.54) is 0 Å². The van der Waals surface area contributed by atoms with Crippen molar-refractivity contribution in [2.75, 3.05) is 0 Å². The van der Waals surface area contributed by atoms with E-state index in [2.05, 4.69) is 6.92 Å². The van der Waals surface area contributed by atoms with Gasteiger partial charge in [-0.1, -0.05) is 39.0 Å². The van der Waals surface area contributed by atoms with Gasteiger partial charge in [-0.05, 0) is 6.42 Å². The average molecular weight is 216 g/mol. The Kier molecular flexibility index (Phi) is 7.68. The summed E-state index contributed by atoms with van der Waals surface area (Å²) in [6.45, 7) is 2.12. The van der Waals surface area contributed by atoms with Crippen LogP contribution in [0.4, 0.5) is 0 Å². The van der Waals surface area contributed by atoms with Gasteiger partial charge in [0.25, 0.3) is 0 Å². The van der Waals surface area contributed by atoms with Crippen molar-refractivity contribution >= 4 is 11.9 Å². The van der Waals surface area contributed by atoms with E-state index in [1.54, 1.807) is 0 Å². The molecule has 88 valence electrons. The second-order valence-electron chi connectivity index (χ2n) is 3.84. The molecule has 0 saturated heterocycles. The number of unbranched alkanes of at least 4 members (excludes halogenated alkanes) is 4. The van der Waals surface area contributed by atoms with Crippen LogP contribution in [0.3, 0.4) is 0 Å². The van der Waals surface area contributed by atoms with Gasteiger partial charge < -0.3 is 10.2 Å². The van der Waals surface area contributed by atoms with Crippen molar-refractivity contribution in [2.45, 2.75) is 51.9 Å². The van der Waals surface area contributed by atoms with Gasteiger partial charge >= 0.3 is 11.9 Å². The molecule has 0 aliphatic rings. The monoisotopic (exact) mass is 216 g/mol. The SMILES string of the molecule is CCCCCCC[C@H](CC(=O)O)C(=O)O. The van der Waals surface area contributed by atoms with Gasteiger partial charge in [0.05, 0.1) is 12.3 Å². The molecule has 0 aromatic heterocycles. The molecule has 0 aromatic rings. The first-order valence-electron chi connectivity index (χ1n) is 5.52. The molecule has 0 unspecified atom stereocenters. The molecule has 0 heterocycles. The molecule has 0 aliphatic carbocycles. The molecule has 2 N–H and O–H groups in total. The molecule has 0 aliphatic heterocycles. The van der Waals surface area contributed by atoms with Crippen molar-refractivity contribution < 1.29 is 19.8 Å². The second-order valence-corrected chi connectivity index (χ2v) is 3.84. The van der Waals surface area contributed by atoms with E-state index in [0.29, 0.717) is 6.42 Å². The van der Waals surface area contributed by atoms with Crippen LogP contribution in [-0.2, 0) is 9.59 Å². The molecular weight excluding hydrogens is 196 g/mol. The van der Waals surface area contributed by atoms with Crippen molar-refractivity contribution in [1.29, 1.82) is 0 Å². The van der Waals surface area contributed by atoms with Crippen LogP contribution in [0, 0.1) is 5.92 Å². The Morgan fingerprint density at radius 3 is 2.13 bits per heavy atom. The summed E-state index contributed by atoms with van der Waals surface area (Å²) in [6, 6.07) is 0. The van der Waals surface area contributed by atoms with Crippen LogP contribution in [0.1, 0.15) is 51.9 Å². The first-order valence-corrected chi connectivity index (χ1v) is 5.52. The summed E-state index contributed by atoms with van der Waals surface area (Å²) in [5, 5.41) is 17.3.